The van der Waals surface area contributed by atoms with Crippen molar-refractivity contribution < 1.29 is 18.4 Å². The van der Waals surface area contributed by atoms with Gasteiger partial charge in [0, 0.05) is 43.2 Å². The highest BCUT2D eigenvalue weighted by atomic mass is 35.5. The standard InChI is InChI=1S/C25H24ClF2N3O2/c1-31(17(15-33)8-5-9-32)18-10-24(19-12-21(26)23(28)13-22(19)27)30-25(11-18)20(14-29)16-6-3-2-4-7-16/h2-4,6-7,9-13,15,17,20H,5,8,14,29H2,1H3. The molecule has 2 atom stereocenters. The number of likely N-dealkylation sites (N-methyl/N-ethyl adjacent to an activating group) is 1. The van der Waals surface area contributed by atoms with Gasteiger partial charge in [0.1, 0.15) is 24.2 Å². The third kappa shape index (κ3) is 5.61. The molecule has 8 heteroatoms. The molecule has 0 saturated heterocycles. The van der Waals surface area contributed by atoms with Crippen LogP contribution in [0.2, 0.25) is 5.02 Å². The lowest BCUT2D eigenvalue weighted by atomic mass is 9.94. The number of pyridine rings is 1. The molecule has 0 aliphatic heterocycles. The average molecular weight is 472 g/mol. The number of hydrogen-bond acceptors (Lipinski definition) is 5. The molecular formula is C25H24ClF2N3O2. The van der Waals surface area contributed by atoms with Gasteiger partial charge < -0.3 is 20.2 Å². The van der Waals surface area contributed by atoms with Gasteiger partial charge >= 0.3 is 0 Å². The van der Waals surface area contributed by atoms with Gasteiger partial charge in [0.05, 0.1) is 22.5 Å². The zero-order valence-corrected chi connectivity index (χ0v) is 18.8. The summed E-state index contributed by atoms with van der Waals surface area (Å²) in [4.78, 5) is 28.9. The van der Waals surface area contributed by atoms with E-state index >= 15 is 0 Å². The highest BCUT2D eigenvalue weighted by Gasteiger charge is 2.22. The number of aldehydes is 2. The molecule has 0 amide bonds. The second-order valence-electron chi connectivity index (χ2n) is 7.64. The van der Waals surface area contributed by atoms with Gasteiger partial charge in [-0.25, -0.2) is 8.78 Å². The maximum atomic E-state index is 14.7. The number of carbonyl (C=O) groups is 2. The topological polar surface area (TPSA) is 76.3 Å². The second-order valence-corrected chi connectivity index (χ2v) is 8.05. The van der Waals surface area contributed by atoms with Crippen molar-refractivity contribution in [3.8, 4) is 11.3 Å². The van der Waals surface area contributed by atoms with Gasteiger partial charge in [-0.1, -0.05) is 41.9 Å². The van der Waals surface area contributed by atoms with Crippen molar-refractivity contribution in [2.45, 2.75) is 24.8 Å². The van der Waals surface area contributed by atoms with E-state index in [2.05, 4.69) is 4.98 Å². The van der Waals surface area contributed by atoms with Crippen LogP contribution in [0, 0.1) is 11.6 Å². The van der Waals surface area contributed by atoms with Crippen LogP contribution in [0.5, 0.6) is 0 Å². The Kier molecular flexibility index (Phi) is 8.25. The van der Waals surface area contributed by atoms with E-state index in [1.165, 1.54) is 6.07 Å². The summed E-state index contributed by atoms with van der Waals surface area (Å²) in [6.45, 7) is 0.235. The lowest BCUT2D eigenvalue weighted by molar-refractivity contribution is -0.109. The highest BCUT2D eigenvalue weighted by Crippen LogP contribution is 2.33. The van der Waals surface area contributed by atoms with Gasteiger partial charge in [0.25, 0.3) is 0 Å². The Labute approximate surface area is 196 Å². The first-order valence-corrected chi connectivity index (χ1v) is 10.8. The van der Waals surface area contributed by atoms with Crippen molar-refractivity contribution >= 4 is 29.9 Å². The van der Waals surface area contributed by atoms with Gasteiger partial charge in [-0.05, 0) is 30.2 Å². The fourth-order valence-electron chi connectivity index (χ4n) is 3.67. The Balaban J connectivity index is 2.18. The summed E-state index contributed by atoms with van der Waals surface area (Å²) in [6.07, 6.45) is 2.06. The molecule has 3 aromatic rings. The molecule has 0 aliphatic rings. The molecule has 0 bridgehead atoms. The molecule has 172 valence electrons. The molecule has 2 N–H and O–H groups in total. The summed E-state index contributed by atoms with van der Waals surface area (Å²) in [5.74, 6) is -1.99. The van der Waals surface area contributed by atoms with Crippen molar-refractivity contribution in [2.75, 3.05) is 18.5 Å². The molecule has 2 unspecified atom stereocenters. The van der Waals surface area contributed by atoms with Crippen molar-refractivity contribution in [3.63, 3.8) is 0 Å². The molecule has 0 fully saturated rings. The molecule has 5 nitrogen and oxygen atoms in total. The summed E-state index contributed by atoms with van der Waals surface area (Å²) >= 11 is 5.91. The van der Waals surface area contributed by atoms with Crippen LogP contribution in [0.25, 0.3) is 11.3 Å². The van der Waals surface area contributed by atoms with Crippen LogP contribution in [0.4, 0.5) is 14.5 Å². The van der Waals surface area contributed by atoms with Crippen LogP contribution < -0.4 is 10.6 Å². The number of hydrogen-bond donors (Lipinski definition) is 1. The molecule has 2 aromatic carbocycles. The van der Waals surface area contributed by atoms with Crippen molar-refractivity contribution in [3.05, 3.63) is 82.5 Å². The molecule has 0 saturated carbocycles. The monoisotopic (exact) mass is 471 g/mol. The minimum absolute atomic E-state index is 0.0253. The van der Waals surface area contributed by atoms with Gasteiger partial charge in [-0.2, -0.15) is 0 Å². The quantitative estimate of drug-likeness (QED) is 0.341. The largest absolute Gasteiger partial charge is 0.365 e. The van der Waals surface area contributed by atoms with Crippen molar-refractivity contribution in [1.29, 1.82) is 0 Å². The van der Waals surface area contributed by atoms with Gasteiger partial charge in [0.2, 0.25) is 0 Å². The van der Waals surface area contributed by atoms with E-state index in [0.29, 0.717) is 23.9 Å². The predicted octanol–water partition coefficient (Wildman–Crippen LogP) is 4.75. The van der Waals surface area contributed by atoms with Crippen molar-refractivity contribution in [2.24, 2.45) is 5.73 Å². The Bertz CT molecular complexity index is 1130. The van der Waals surface area contributed by atoms with E-state index in [4.69, 9.17) is 17.3 Å². The third-order valence-electron chi connectivity index (χ3n) is 5.55. The lowest BCUT2D eigenvalue weighted by Crippen LogP contribution is -2.33. The zero-order chi connectivity index (χ0) is 24.0. The van der Waals surface area contributed by atoms with Crippen molar-refractivity contribution in [1.82, 2.24) is 4.98 Å². The van der Waals surface area contributed by atoms with E-state index in [9.17, 15) is 18.4 Å². The average Bonchev–Trinajstić information content (AvgIpc) is 2.82. The summed E-state index contributed by atoms with van der Waals surface area (Å²) < 4.78 is 28.5. The molecule has 0 radical (unpaired) electrons. The van der Waals surface area contributed by atoms with E-state index in [0.717, 1.165) is 18.1 Å². The summed E-state index contributed by atoms with van der Waals surface area (Å²) in [7, 11) is 1.71. The summed E-state index contributed by atoms with van der Waals surface area (Å²) in [5, 5.41) is -0.233. The SMILES string of the molecule is CN(c1cc(-c2cc(Cl)c(F)cc2F)nc(C(CN)c2ccccc2)c1)C(C=O)CCC=O. The maximum absolute atomic E-state index is 14.7. The lowest BCUT2D eigenvalue weighted by Gasteiger charge is -2.27. The summed E-state index contributed by atoms with van der Waals surface area (Å²) in [5.41, 5.74) is 8.39. The number of rotatable bonds is 10. The minimum Gasteiger partial charge on any atom is -0.365 e. The van der Waals surface area contributed by atoms with Gasteiger partial charge in [0.15, 0.2) is 0 Å². The predicted molar refractivity (Wildman–Crippen MR) is 125 cm³/mol. The zero-order valence-electron chi connectivity index (χ0n) is 18.0. The van der Waals surface area contributed by atoms with Gasteiger partial charge in [-0.15, -0.1) is 0 Å². The van der Waals surface area contributed by atoms with Crippen LogP contribution in [0.15, 0.2) is 54.6 Å². The van der Waals surface area contributed by atoms with E-state index in [-0.39, 0.29) is 35.2 Å². The number of nitrogens with two attached hydrogens (primary N) is 1. The number of halogens is 3. The molecule has 3 rings (SSSR count). The molecular weight excluding hydrogens is 448 g/mol. The number of nitrogens with zero attached hydrogens (tertiary/aromatic N) is 2. The van der Waals surface area contributed by atoms with Gasteiger partial charge in [-0.3, -0.25) is 4.98 Å². The number of aromatic nitrogens is 1. The number of carbonyl (C=O) groups excluding carboxylic acids is 2. The normalized spacial score (nSPS) is 12.8. The Morgan fingerprint density at radius 2 is 1.82 bits per heavy atom. The minimum atomic E-state index is -0.870. The Hall–Kier alpha value is -3.16. The Morgan fingerprint density at radius 3 is 2.45 bits per heavy atom. The first-order chi connectivity index (χ1) is 15.9. The molecule has 33 heavy (non-hydrogen) atoms. The van der Waals surface area contributed by atoms with Crippen LogP contribution in [0.1, 0.15) is 30.0 Å². The maximum Gasteiger partial charge on any atom is 0.144 e. The number of anilines is 1. The highest BCUT2D eigenvalue weighted by molar-refractivity contribution is 6.31. The number of benzene rings is 2. The van der Waals surface area contributed by atoms with Crippen LogP contribution in [0.3, 0.4) is 0 Å². The van der Waals surface area contributed by atoms with E-state index in [1.807, 2.05) is 30.3 Å². The molecule has 1 heterocycles. The second kappa shape index (κ2) is 11.1. The fourth-order valence-corrected chi connectivity index (χ4v) is 3.84. The Morgan fingerprint density at radius 1 is 1.09 bits per heavy atom. The van der Waals surface area contributed by atoms with E-state index < -0.39 is 17.7 Å². The molecule has 1 aromatic heterocycles. The van der Waals surface area contributed by atoms with E-state index in [1.54, 1.807) is 24.1 Å². The van der Waals surface area contributed by atoms with Crippen LogP contribution in [-0.4, -0.2) is 37.2 Å². The molecule has 0 aliphatic carbocycles. The fraction of sp³-hybridized carbons (Fsp3) is 0.240. The van der Waals surface area contributed by atoms with Crippen LogP contribution >= 0.6 is 11.6 Å². The third-order valence-corrected chi connectivity index (χ3v) is 5.84. The first-order valence-electron chi connectivity index (χ1n) is 10.4. The molecule has 0 spiro atoms. The summed E-state index contributed by atoms with van der Waals surface area (Å²) in [6, 6.07) is 14.2. The first kappa shape index (κ1) is 24.5. The van der Waals surface area contributed by atoms with Crippen LogP contribution in [-0.2, 0) is 9.59 Å². The smallest absolute Gasteiger partial charge is 0.144 e.